The topological polar surface area (TPSA) is 58.4 Å². The van der Waals surface area contributed by atoms with Crippen molar-refractivity contribution in [2.45, 2.75) is 59.6 Å². The molecular formula is C15H27N3O2. The summed E-state index contributed by atoms with van der Waals surface area (Å²) in [4.78, 5) is 14.3. The van der Waals surface area contributed by atoms with Crippen molar-refractivity contribution in [1.82, 2.24) is 14.7 Å². The monoisotopic (exact) mass is 281 g/mol. The molecule has 5 nitrogen and oxygen atoms in total. The van der Waals surface area contributed by atoms with Crippen LogP contribution in [0.15, 0.2) is 6.07 Å². The lowest BCUT2D eigenvalue weighted by molar-refractivity contribution is 0.0308. The van der Waals surface area contributed by atoms with Gasteiger partial charge in [0.05, 0.1) is 11.3 Å². The maximum Gasteiger partial charge on any atom is 0.272 e. The lowest BCUT2D eigenvalue weighted by atomic mass is 10.1. The van der Waals surface area contributed by atoms with E-state index in [-0.39, 0.29) is 5.91 Å². The van der Waals surface area contributed by atoms with Crippen LogP contribution in [0.25, 0.3) is 0 Å². The number of hydrogen-bond acceptors (Lipinski definition) is 3. The molecule has 0 saturated heterocycles. The molecule has 0 aliphatic rings. The van der Waals surface area contributed by atoms with Gasteiger partial charge in [0, 0.05) is 19.6 Å². The van der Waals surface area contributed by atoms with Crippen LogP contribution < -0.4 is 0 Å². The van der Waals surface area contributed by atoms with Crippen LogP contribution in [0.2, 0.25) is 0 Å². The van der Waals surface area contributed by atoms with Gasteiger partial charge >= 0.3 is 0 Å². The molecule has 0 aliphatic heterocycles. The fourth-order valence-corrected chi connectivity index (χ4v) is 2.09. The lowest BCUT2D eigenvalue weighted by Crippen LogP contribution is -2.42. The Morgan fingerprint density at radius 2 is 2.05 bits per heavy atom. The third-order valence-corrected chi connectivity index (χ3v) is 3.16. The van der Waals surface area contributed by atoms with Crippen LogP contribution in [0, 0.1) is 0 Å². The van der Waals surface area contributed by atoms with Crippen LogP contribution >= 0.6 is 0 Å². The first-order chi connectivity index (χ1) is 9.19. The molecule has 1 heterocycles. The number of carbonyl (C=O) groups is 1. The van der Waals surface area contributed by atoms with E-state index in [4.69, 9.17) is 0 Å². The molecule has 1 rings (SSSR count). The van der Waals surface area contributed by atoms with Gasteiger partial charge in [-0.1, -0.05) is 13.8 Å². The molecule has 5 heteroatoms. The van der Waals surface area contributed by atoms with Crippen molar-refractivity contribution in [2.75, 3.05) is 13.1 Å². The predicted molar refractivity (Wildman–Crippen MR) is 79.9 cm³/mol. The van der Waals surface area contributed by atoms with Gasteiger partial charge in [-0.25, -0.2) is 0 Å². The Kier molecular flexibility index (Phi) is 5.34. The molecule has 0 aliphatic carbocycles. The van der Waals surface area contributed by atoms with E-state index in [9.17, 15) is 9.90 Å². The molecule has 0 saturated carbocycles. The van der Waals surface area contributed by atoms with Gasteiger partial charge in [-0.05, 0) is 39.7 Å². The van der Waals surface area contributed by atoms with Crippen LogP contribution in [0.1, 0.15) is 63.6 Å². The zero-order valence-electron chi connectivity index (χ0n) is 13.5. The van der Waals surface area contributed by atoms with E-state index in [1.807, 2.05) is 19.9 Å². The standard InChI is InChI=1S/C15H27N3O2/c1-7-17(10-15(5,6)20)14(19)13-9-12(11(3)4)16-18(13)8-2/h9,11,20H,7-8,10H2,1-6H3. The molecule has 0 bridgehead atoms. The first-order valence-corrected chi connectivity index (χ1v) is 7.29. The number of likely N-dealkylation sites (N-methyl/N-ethyl adjacent to an activating group) is 1. The fourth-order valence-electron chi connectivity index (χ4n) is 2.09. The summed E-state index contributed by atoms with van der Waals surface area (Å²) in [6.07, 6.45) is 0. The smallest absolute Gasteiger partial charge is 0.272 e. The number of carbonyl (C=O) groups excluding carboxylic acids is 1. The molecule has 1 aromatic rings. The second kappa shape index (κ2) is 6.39. The van der Waals surface area contributed by atoms with Gasteiger partial charge in [-0.3, -0.25) is 9.48 Å². The van der Waals surface area contributed by atoms with E-state index in [1.165, 1.54) is 0 Å². The Balaban J connectivity index is 3.05. The molecular weight excluding hydrogens is 254 g/mol. The second-order valence-corrected chi connectivity index (χ2v) is 6.06. The van der Waals surface area contributed by atoms with Gasteiger partial charge in [-0.15, -0.1) is 0 Å². The Morgan fingerprint density at radius 1 is 1.45 bits per heavy atom. The third-order valence-electron chi connectivity index (χ3n) is 3.16. The summed E-state index contributed by atoms with van der Waals surface area (Å²) in [6, 6.07) is 1.86. The first kappa shape index (κ1) is 16.7. The number of hydrogen-bond donors (Lipinski definition) is 1. The molecule has 0 fully saturated rings. The minimum atomic E-state index is -0.899. The maximum absolute atomic E-state index is 12.6. The first-order valence-electron chi connectivity index (χ1n) is 7.29. The highest BCUT2D eigenvalue weighted by molar-refractivity contribution is 5.92. The second-order valence-electron chi connectivity index (χ2n) is 6.06. The number of aryl methyl sites for hydroxylation is 1. The Hall–Kier alpha value is -1.36. The number of amides is 1. The number of nitrogens with zero attached hydrogens (tertiary/aromatic N) is 3. The average molecular weight is 281 g/mol. The van der Waals surface area contributed by atoms with Crippen molar-refractivity contribution >= 4 is 5.91 Å². The normalized spacial score (nSPS) is 12.0. The Labute approximate surface area is 121 Å². The molecule has 114 valence electrons. The minimum Gasteiger partial charge on any atom is -0.389 e. The number of aliphatic hydroxyl groups is 1. The van der Waals surface area contributed by atoms with Crippen LogP contribution in [0.4, 0.5) is 0 Å². The summed E-state index contributed by atoms with van der Waals surface area (Å²) in [5.41, 5.74) is 0.626. The molecule has 0 aromatic carbocycles. The summed E-state index contributed by atoms with van der Waals surface area (Å²) in [6.45, 7) is 13.0. The van der Waals surface area contributed by atoms with Crippen molar-refractivity contribution in [3.8, 4) is 0 Å². The highest BCUT2D eigenvalue weighted by Gasteiger charge is 2.25. The molecule has 20 heavy (non-hydrogen) atoms. The van der Waals surface area contributed by atoms with Crippen LogP contribution in [0.5, 0.6) is 0 Å². The van der Waals surface area contributed by atoms with Gasteiger partial charge in [-0.2, -0.15) is 5.10 Å². The molecule has 1 aromatic heterocycles. The van der Waals surface area contributed by atoms with E-state index in [0.717, 1.165) is 5.69 Å². The summed E-state index contributed by atoms with van der Waals surface area (Å²) in [5, 5.41) is 14.4. The summed E-state index contributed by atoms with van der Waals surface area (Å²) in [5.74, 6) is 0.217. The average Bonchev–Trinajstić information content (AvgIpc) is 2.78. The predicted octanol–water partition coefficient (Wildman–Crippen LogP) is 2.26. The summed E-state index contributed by atoms with van der Waals surface area (Å²) >= 11 is 0. The molecule has 1 N–H and O–H groups in total. The van der Waals surface area contributed by atoms with E-state index < -0.39 is 5.60 Å². The third kappa shape index (κ3) is 4.07. The van der Waals surface area contributed by atoms with Crippen LogP contribution in [0.3, 0.4) is 0 Å². The van der Waals surface area contributed by atoms with Crippen molar-refractivity contribution in [1.29, 1.82) is 0 Å². The van der Waals surface area contributed by atoms with Crippen molar-refractivity contribution in [3.05, 3.63) is 17.5 Å². The number of aromatic nitrogens is 2. The van der Waals surface area contributed by atoms with Crippen LogP contribution in [-0.4, -0.2) is 44.4 Å². The highest BCUT2D eigenvalue weighted by atomic mass is 16.3. The van der Waals surface area contributed by atoms with E-state index in [2.05, 4.69) is 18.9 Å². The zero-order chi connectivity index (χ0) is 15.5. The van der Waals surface area contributed by atoms with E-state index >= 15 is 0 Å². The summed E-state index contributed by atoms with van der Waals surface area (Å²) in [7, 11) is 0. The van der Waals surface area contributed by atoms with E-state index in [0.29, 0.717) is 31.2 Å². The Morgan fingerprint density at radius 3 is 2.45 bits per heavy atom. The zero-order valence-corrected chi connectivity index (χ0v) is 13.5. The molecule has 0 spiro atoms. The fraction of sp³-hybridized carbons (Fsp3) is 0.733. The highest BCUT2D eigenvalue weighted by Crippen LogP contribution is 2.17. The number of rotatable bonds is 6. The van der Waals surface area contributed by atoms with Crippen molar-refractivity contribution < 1.29 is 9.90 Å². The molecule has 1 amide bonds. The maximum atomic E-state index is 12.6. The van der Waals surface area contributed by atoms with Crippen molar-refractivity contribution in [2.24, 2.45) is 0 Å². The molecule has 0 unspecified atom stereocenters. The minimum absolute atomic E-state index is 0.0733. The van der Waals surface area contributed by atoms with E-state index in [1.54, 1.807) is 23.4 Å². The Bertz CT molecular complexity index is 458. The molecule has 0 radical (unpaired) electrons. The van der Waals surface area contributed by atoms with Gasteiger partial charge in [0.15, 0.2) is 0 Å². The lowest BCUT2D eigenvalue weighted by Gasteiger charge is -2.28. The largest absolute Gasteiger partial charge is 0.389 e. The SMILES string of the molecule is CCN(CC(C)(C)O)C(=O)c1cc(C(C)C)nn1CC. The van der Waals surface area contributed by atoms with Gasteiger partial charge in [0.2, 0.25) is 0 Å². The van der Waals surface area contributed by atoms with Gasteiger partial charge in [0.25, 0.3) is 5.91 Å². The van der Waals surface area contributed by atoms with Gasteiger partial charge in [0.1, 0.15) is 5.69 Å². The molecule has 0 atom stereocenters. The van der Waals surface area contributed by atoms with Crippen LogP contribution in [-0.2, 0) is 6.54 Å². The van der Waals surface area contributed by atoms with Crippen molar-refractivity contribution in [3.63, 3.8) is 0 Å². The van der Waals surface area contributed by atoms with Gasteiger partial charge < -0.3 is 10.0 Å². The summed E-state index contributed by atoms with van der Waals surface area (Å²) < 4.78 is 1.74. The quantitative estimate of drug-likeness (QED) is 0.870.